The van der Waals surface area contributed by atoms with E-state index in [0.717, 1.165) is 12.8 Å². The number of nitrogens with one attached hydrogen (secondary N) is 1. The normalized spacial score (nSPS) is 10.3. The van der Waals surface area contributed by atoms with E-state index in [-0.39, 0.29) is 5.82 Å². The second kappa shape index (κ2) is 7.35. The highest BCUT2D eigenvalue weighted by atomic mass is 16.5. The Labute approximate surface area is 129 Å². The Kier molecular flexibility index (Phi) is 5.24. The third-order valence-electron chi connectivity index (χ3n) is 3.03. The van der Waals surface area contributed by atoms with Gasteiger partial charge in [0.15, 0.2) is 17.3 Å². The average Bonchev–Trinajstić information content (AvgIpc) is 2.51. The Morgan fingerprint density at radius 1 is 1.27 bits per heavy atom. The van der Waals surface area contributed by atoms with Crippen molar-refractivity contribution in [3.05, 3.63) is 24.4 Å². The number of nitrogens with zero attached hydrogens (tertiary/aromatic N) is 2. The van der Waals surface area contributed by atoms with Gasteiger partial charge in [0.25, 0.3) is 0 Å². The maximum absolute atomic E-state index is 5.74. The van der Waals surface area contributed by atoms with Crippen LogP contribution in [0.4, 0.5) is 23.1 Å². The van der Waals surface area contributed by atoms with Crippen molar-refractivity contribution >= 4 is 23.1 Å². The molecule has 0 spiro atoms. The first-order valence-electron chi connectivity index (χ1n) is 7.10. The molecule has 5 N–H and O–H groups in total. The number of nitrogen functional groups attached to an aromatic ring is 2. The van der Waals surface area contributed by atoms with E-state index in [1.165, 1.54) is 6.20 Å². The van der Waals surface area contributed by atoms with Crippen molar-refractivity contribution in [2.45, 2.75) is 19.8 Å². The van der Waals surface area contributed by atoms with Crippen LogP contribution in [0, 0.1) is 0 Å². The second-order valence-electron chi connectivity index (χ2n) is 4.70. The van der Waals surface area contributed by atoms with Gasteiger partial charge in [-0.25, -0.2) is 4.98 Å². The van der Waals surface area contributed by atoms with E-state index in [0.29, 0.717) is 35.4 Å². The van der Waals surface area contributed by atoms with Crippen molar-refractivity contribution in [3.8, 4) is 11.5 Å². The van der Waals surface area contributed by atoms with E-state index in [1.807, 2.05) is 18.2 Å². The van der Waals surface area contributed by atoms with Crippen molar-refractivity contribution in [3.63, 3.8) is 0 Å². The van der Waals surface area contributed by atoms with Crippen LogP contribution in [0.5, 0.6) is 11.5 Å². The van der Waals surface area contributed by atoms with Crippen LogP contribution in [0.1, 0.15) is 19.8 Å². The van der Waals surface area contributed by atoms with E-state index in [4.69, 9.17) is 20.9 Å². The first-order chi connectivity index (χ1) is 10.7. The standard InChI is InChI=1S/C15H21N5O2/c1-3-4-8-22-12-7-5-6-11(13(12)21-2)19-15-18-9-10(16)14(17)20-15/h5-7,9H,3-4,8,16H2,1-2H3,(H3,17,18,19,20). The van der Waals surface area contributed by atoms with Gasteiger partial charge < -0.3 is 26.3 Å². The molecule has 0 bridgehead atoms. The minimum atomic E-state index is 0.229. The topological polar surface area (TPSA) is 108 Å². The molecule has 118 valence electrons. The summed E-state index contributed by atoms with van der Waals surface area (Å²) < 4.78 is 11.2. The Hall–Kier alpha value is -2.70. The maximum Gasteiger partial charge on any atom is 0.229 e. The number of benzene rings is 1. The van der Waals surface area contributed by atoms with Gasteiger partial charge >= 0.3 is 0 Å². The summed E-state index contributed by atoms with van der Waals surface area (Å²) in [5, 5.41) is 3.06. The van der Waals surface area contributed by atoms with Gasteiger partial charge in [-0.15, -0.1) is 0 Å². The first-order valence-corrected chi connectivity index (χ1v) is 7.10. The fraction of sp³-hybridized carbons (Fsp3) is 0.333. The summed E-state index contributed by atoms with van der Waals surface area (Å²) in [5.41, 5.74) is 12.3. The van der Waals surface area contributed by atoms with Crippen LogP contribution in [-0.2, 0) is 0 Å². The van der Waals surface area contributed by atoms with Crippen LogP contribution < -0.4 is 26.3 Å². The number of anilines is 4. The minimum Gasteiger partial charge on any atom is -0.491 e. The SMILES string of the molecule is CCCCOc1cccc(Nc2ncc(N)c(N)n2)c1OC. The predicted molar refractivity (Wildman–Crippen MR) is 87.5 cm³/mol. The lowest BCUT2D eigenvalue weighted by Crippen LogP contribution is -2.05. The number of aromatic nitrogens is 2. The fourth-order valence-corrected chi connectivity index (χ4v) is 1.85. The monoisotopic (exact) mass is 303 g/mol. The summed E-state index contributed by atoms with van der Waals surface area (Å²) in [6.07, 6.45) is 3.51. The second-order valence-corrected chi connectivity index (χ2v) is 4.70. The molecule has 0 atom stereocenters. The van der Waals surface area contributed by atoms with Gasteiger partial charge in [0, 0.05) is 0 Å². The molecule has 1 heterocycles. The number of nitrogens with two attached hydrogens (primary N) is 2. The number of ether oxygens (including phenoxy) is 2. The maximum atomic E-state index is 5.74. The Morgan fingerprint density at radius 3 is 2.77 bits per heavy atom. The van der Waals surface area contributed by atoms with Gasteiger partial charge in [0.1, 0.15) is 0 Å². The van der Waals surface area contributed by atoms with Crippen LogP contribution in [0.25, 0.3) is 0 Å². The van der Waals surface area contributed by atoms with Crippen molar-refractivity contribution in [2.75, 3.05) is 30.5 Å². The quantitative estimate of drug-likeness (QED) is 0.674. The third-order valence-corrected chi connectivity index (χ3v) is 3.03. The molecule has 0 saturated carbocycles. The predicted octanol–water partition coefficient (Wildman–Crippen LogP) is 2.57. The zero-order valence-electron chi connectivity index (χ0n) is 12.8. The number of unbranched alkanes of at least 4 members (excludes halogenated alkanes) is 1. The zero-order valence-corrected chi connectivity index (χ0v) is 12.8. The van der Waals surface area contributed by atoms with Gasteiger partial charge in [-0.2, -0.15) is 4.98 Å². The highest BCUT2D eigenvalue weighted by Crippen LogP contribution is 2.36. The van der Waals surface area contributed by atoms with Gasteiger partial charge in [0.2, 0.25) is 5.95 Å². The molecule has 0 radical (unpaired) electrons. The molecule has 0 amide bonds. The largest absolute Gasteiger partial charge is 0.491 e. The average molecular weight is 303 g/mol. The van der Waals surface area contributed by atoms with Crippen LogP contribution in [0.3, 0.4) is 0 Å². The molecule has 0 saturated heterocycles. The molecule has 0 aliphatic carbocycles. The molecule has 2 aromatic rings. The summed E-state index contributed by atoms with van der Waals surface area (Å²) in [6, 6.07) is 5.58. The molecule has 1 aromatic carbocycles. The first kappa shape index (κ1) is 15.7. The van der Waals surface area contributed by atoms with Gasteiger partial charge in [-0.3, -0.25) is 0 Å². The molecule has 7 heteroatoms. The van der Waals surface area contributed by atoms with E-state index in [2.05, 4.69) is 22.2 Å². The Balaban J connectivity index is 2.22. The van der Waals surface area contributed by atoms with E-state index < -0.39 is 0 Å². The highest BCUT2D eigenvalue weighted by Gasteiger charge is 2.12. The van der Waals surface area contributed by atoms with E-state index in [1.54, 1.807) is 7.11 Å². The van der Waals surface area contributed by atoms with Crippen LogP contribution >= 0.6 is 0 Å². The lowest BCUT2D eigenvalue weighted by Gasteiger charge is -2.15. The minimum absolute atomic E-state index is 0.229. The lowest BCUT2D eigenvalue weighted by atomic mass is 10.2. The zero-order chi connectivity index (χ0) is 15.9. The molecular weight excluding hydrogens is 282 g/mol. The van der Waals surface area contributed by atoms with Crippen molar-refractivity contribution in [1.82, 2.24) is 9.97 Å². The van der Waals surface area contributed by atoms with Crippen LogP contribution in [-0.4, -0.2) is 23.7 Å². The third kappa shape index (κ3) is 3.69. The summed E-state index contributed by atoms with van der Waals surface area (Å²) >= 11 is 0. The summed E-state index contributed by atoms with van der Waals surface area (Å²) in [7, 11) is 1.59. The molecule has 1 aromatic heterocycles. The Morgan fingerprint density at radius 2 is 2.09 bits per heavy atom. The molecule has 0 aliphatic heterocycles. The lowest BCUT2D eigenvalue weighted by molar-refractivity contribution is 0.289. The van der Waals surface area contributed by atoms with Crippen molar-refractivity contribution in [2.24, 2.45) is 0 Å². The number of para-hydroxylation sites is 1. The smallest absolute Gasteiger partial charge is 0.229 e. The van der Waals surface area contributed by atoms with Crippen LogP contribution in [0.2, 0.25) is 0 Å². The van der Waals surface area contributed by atoms with E-state index in [9.17, 15) is 0 Å². The summed E-state index contributed by atoms with van der Waals surface area (Å²) in [6.45, 7) is 2.75. The molecule has 0 aliphatic rings. The molecule has 22 heavy (non-hydrogen) atoms. The molecule has 7 nitrogen and oxygen atoms in total. The number of rotatable bonds is 7. The van der Waals surface area contributed by atoms with Crippen molar-refractivity contribution < 1.29 is 9.47 Å². The summed E-state index contributed by atoms with van der Waals surface area (Å²) in [4.78, 5) is 8.17. The van der Waals surface area contributed by atoms with E-state index >= 15 is 0 Å². The van der Waals surface area contributed by atoms with Gasteiger partial charge in [-0.05, 0) is 18.6 Å². The van der Waals surface area contributed by atoms with Crippen molar-refractivity contribution in [1.29, 1.82) is 0 Å². The van der Waals surface area contributed by atoms with Gasteiger partial charge in [-0.1, -0.05) is 19.4 Å². The molecular formula is C15H21N5O2. The number of methoxy groups -OCH3 is 1. The number of hydrogen-bond donors (Lipinski definition) is 3. The molecule has 0 fully saturated rings. The van der Waals surface area contributed by atoms with Crippen LogP contribution in [0.15, 0.2) is 24.4 Å². The molecule has 0 unspecified atom stereocenters. The summed E-state index contributed by atoms with van der Waals surface area (Å²) in [5.74, 6) is 1.84. The number of hydrogen-bond acceptors (Lipinski definition) is 7. The fourth-order valence-electron chi connectivity index (χ4n) is 1.85. The molecule has 2 rings (SSSR count). The Bertz CT molecular complexity index is 633. The van der Waals surface area contributed by atoms with Gasteiger partial charge in [0.05, 0.1) is 31.3 Å². The highest BCUT2D eigenvalue weighted by molar-refractivity contribution is 5.69.